The van der Waals surface area contributed by atoms with Gasteiger partial charge in [0.2, 0.25) is 0 Å². The van der Waals surface area contributed by atoms with E-state index >= 15 is 0 Å². The molecule has 0 heterocycles. The van der Waals surface area contributed by atoms with Crippen molar-refractivity contribution in [3.05, 3.63) is 29.8 Å². The molecule has 0 saturated carbocycles. The predicted molar refractivity (Wildman–Crippen MR) is 60.9 cm³/mol. The van der Waals surface area contributed by atoms with Gasteiger partial charge in [-0.3, -0.25) is 0 Å². The van der Waals surface area contributed by atoms with Crippen molar-refractivity contribution in [1.29, 1.82) is 0 Å². The molecule has 3 nitrogen and oxygen atoms in total. The van der Waals surface area contributed by atoms with E-state index in [1.807, 2.05) is 6.92 Å². The van der Waals surface area contributed by atoms with Crippen LogP contribution in [0.25, 0.3) is 0 Å². The monoisotopic (exact) mass is 245 g/mol. The second-order valence-electron chi connectivity index (χ2n) is 3.80. The van der Waals surface area contributed by atoms with Gasteiger partial charge in [0.15, 0.2) is 0 Å². The Balaban J connectivity index is 2.72. The molecule has 0 radical (unpaired) electrons. The summed E-state index contributed by atoms with van der Waals surface area (Å²) in [5, 5.41) is 9.98. The third-order valence-electron chi connectivity index (χ3n) is 2.72. The summed E-state index contributed by atoms with van der Waals surface area (Å²) in [5.74, 6) is 0.0496. The van der Waals surface area contributed by atoms with Crippen LogP contribution >= 0.6 is 0 Å². The van der Waals surface area contributed by atoms with Gasteiger partial charge in [0.05, 0.1) is 6.10 Å². The van der Waals surface area contributed by atoms with Crippen molar-refractivity contribution in [2.45, 2.75) is 26.1 Å². The van der Waals surface area contributed by atoms with Crippen LogP contribution in [0.4, 0.5) is 8.78 Å². The average molecular weight is 245 g/mol. The van der Waals surface area contributed by atoms with Crippen molar-refractivity contribution < 1.29 is 18.6 Å². The number of rotatable bonds is 6. The van der Waals surface area contributed by atoms with Crippen LogP contribution in [0.3, 0.4) is 0 Å². The quantitative estimate of drug-likeness (QED) is 0.808. The highest BCUT2D eigenvalue weighted by atomic mass is 19.3. The molecule has 0 saturated heterocycles. The van der Waals surface area contributed by atoms with Crippen molar-refractivity contribution in [1.82, 2.24) is 0 Å². The minimum Gasteiger partial charge on any atom is -0.435 e. The number of alkyl halides is 2. The van der Waals surface area contributed by atoms with E-state index in [9.17, 15) is 13.9 Å². The standard InChI is InChI=1S/C12H17F2NO2/c1-2-8(7-15)11(16)9-3-5-10(6-4-9)17-12(13)14/h3-6,8,11-12,16H,2,7,15H2,1H3. The molecule has 0 spiro atoms. The number of halogens is 2. The Bertz CT molecular complexity index is 326. The van der Waals surface area contributed by atoms with E-state index in [0.29, 0.717) is 12.1 Å². The second-order valence-corrected chi connectivity index (χ2v) is 3.80. The molecule has 3 N–H and O–H groups in total. The molecule has 5 heteroatoms. The molecule has 96 valence electrons. The third-order valence-corrected chi connectivity index (χ3v) is 2.72. The number of aliphatic hydroxyl groups is 1. The SMILES string of the molecule is CCC(CN)C(O)c1ccc(OC(F)F)cc1. The number of hydrogen-bond donors (Lipinski definition) is 2. The van der Waals surface area contributed by atoms with Crippen LogP contribution in [0.15, 0.2) is 24.3 Å². The predicted octanol–water partition coefficient (Wildman–Crippen LogP) is 2.31. The molecular weight excluding hydrogens is 228 g/mol. The molecule has 0 amide bonds. The zero-order chi connectivity index (χ0) is 12.8. The molecule has 0 aromatic heterocycles. The van der Waals surface area contributed by atoms with Gasteiger partial charge in [-0.15, -0.1) is 0 Å². The topological polar surface area (TPSA) is 55.5 Å². The Kier molecular flexibility index (Phi) is 5.31. The van der Waals surface area contributed by atoms with E-state index < -0.39 is 12.7 Å². The largest absolute Gasteiger partial charge is 0.435 e. The molecular formula is C12H17F2NO2. The van der Waals surface area contributed by atoms with Gasteiger partial charge in [0, 0.05) is 5.92 Å². The Labute approximate surface area is 99.2 Å². The fraction of sp³-hybridized carbons (Fsp3) is 0.500. The van der Waals surface area contributed by atoms with Crippen molar-refractivity contribution in [2.24, 2.45) is 11.7 Å². The van der Waals surface area contributed by atoms with E-state index in [2.05, 4.69) is 4.74 Å². The van der Waals surface area contributed by atoms with Gasteiger partial charge < -0.3 is 15.6 Å². The lowest BCUT2D eigenvalue weighted by Gasteiger charge is -2.20. The van der Waals surface area contributed by atoms with E-state index in [1.165, 1.54) is 12.1 Å². The fourth-order valence-corrected chi connectivity index (χ4v) is 1.64. The van der Waals surface area contributed by atoms with Crippen LogP contribution in [-0.4, -0.2) is 18.3 Å². The van der Waals surface area contributed by atoms with Crippen molar-refractivity contribution in [3.8, 4) is 5.75 Å². The van der Waals surface area contributed by atoms with Gasteiger partial charge in [0.1, 0.15) is 5.75 Å². The van der Waals surface area contributed by atoms with Crippen LogP contribution < -0.4 is 10.5 Å². The summed E-state index contributed by atoms with van der Waals surface area (Å²) in [5.41, 5.74) is 6.19. The minimum absolute atomic E-state index is 0.0307. The summed E-state index contributed by atoms with van der Waals surface area (Å²) < 4.78 is 28.1. The first-order valence-corrected chi connectivity index (χ1v) is 5.51. The molecule has 0 fully saturated rings. The lowest BCUT2D eigenvalue weighted by molar-refractivity contribution is -0.0498. The second kappa shape index (κ2) is 6.51. The summed E-state index contributed by atoms with van der Waals surface area (Å²) >= 11 is 0. The molecule has 0 bridgehead atoms. The minimum atomic E-state index is -2.83. The third kappa shape index (κ3) is 3.94. The van der Waals surface area contributed by atoms with Crippen LogP contribution in [0.2, 0.25) is 0 Å². The zero-order valence-electron chi connectivity index (χ0n) is 9.64. The van der Waals surface area contributed by atoms with Crippen molar-refractivity contribution in [2.75, 3.05) is 6.54 Å². The Morgan fingerprint density at radius 1 is 1.29 bits per heavy atom. The van der Waals surface area contributed by atoms with Crippen LogP contribution in [-0.2, 0) is 0 Å². The highest BCUT2D eigenvalue weighted by Crippen LogP contribution is 2.25. The van der Waals surface area contributed by atoms with Gasteiger partial charge >= 0.3 is 6.61 Å². The molecule has 17 heavy (non-hydrogen) atoms. The van der Waals surface area contributed by atoms with Crippen LogP contribution in [0.5, 0.6) is 5.75 Å². The maximum atomic E-state index is 11.9. The average Bonchev–Trinajstić information content (AvgIpc) is 2.30. The Hall–Kier alpha value is -1.20. The fourth-order valence-electron chi connectivity index (χ4n) is 1.64. The Morgan fingerprint density at radius 3 is 2.29 bits per heavy atom. The van der Waals surface area contributed by atoms with Gasteiger partial charge in [-0.25, -0.2) is 0 Å². The Morgan fingerprint density at radius 2 is 1.88 bits per heavy atom. The smallest absolute Gasteiger partial charge is 0.387 e. The molecule has 0 aliphatic heterocycles. The molecule has 2 unspecified atom stereocenters. The van der Waals surface area contributed by atoms with Crippen LogP contribution in [0, 0.1) is 5.92 Å². The number of nitrogens with two attached hydrogens (primary N) is 1. The van der Waals surface area contributed by atoms with Gasteiger partial charge in [-0.2, -0.15) is 8.78 Å². The maximum Gasteiger partial charge on any atom is 0.387 e. The van der Waals surface area contributed by atoms with Crippen molar-refractivity contribution in [3.63, 3.8) is 0 Å². The molecule has 0 aliphatic carbocycles. The number of aliphatic hydroxyl groups excluding tert-OH is 1. The summed E-state index contributed by atoms with van der Waals surface area (Å²) in [6.07, 6.45) is 0.0815. The normalized spacial score (nSPS) is 14.7. The molecule has 1 aromatic rings. The first kappa shape index (κ1) is 13.9. The van der Waals surface area contributed by atoms with Gasteiger partial charge in [-0.1, -0.05) is 19.1 Å². The summed E-state index contributed by atoms with van der Waals surface area (Å²) in [6, 6.07) is 5.96. The summed E-state index contributed by atoms with van der Waals surface area (Å²) in [7, 11) is 0. The lowest BCUT2D eigenvalue weighted by Crippen LogP contribution is -2.21. The van der Waals surface area contributed by atoms with Gasteiger partial charge in [0.25, 0.3) is 0 Å². The molecule has 1 rings (SSSR count). The van der Waals surface area contributed by atoms with E-state index in [4.69, 9.17) is 5.73 Å². The number of benzene rings is 1. The summed E-state index contributed by atoms with van der Waals surface area (Å²) in [4.78, 5) is 0. The highest BCUT2D eigenvalue weighted by Gasteiger charge is 2.17. The van der Waals surface area contributed by atoms with Crippen LogP contribution in [0.1, 0.15) is 25.0 Å². The highest BCUT2D eigenvalue weighted by molar-refractivity contribution is 5.28. The number of hydrogen-bond acceptors (Lipinski definition) is 3. The first-order chi connectivity index (χ1) is 8.08. The number of ether oxygens (including phenoxy) is 1. The first-order valence-electron chi connectivity index (χ1n) is 5.51. The van der Waals surface area contributed by atoms with E-state index in [1.54, 1.807) is 12.1 Å². The summed E-state index contributed by atoms with van der Waals surface area (Å²) in [6.45, 7) is -0.514. The van der Waals surface area contributed by atoms with Gasteiger partial charge in [-0.05, 0) is 30.7 Å². The molecule has 0 aliphatic rings. The molecule has 2 atom stereocenters. The van der Waals surface area contributed by atoms with E-state index in [-0.39, 0.29) is 11.7 Å². The zero-order valence-corrected chi connectivity index (χ0v) is 9.64. The lowest BCUT2D eigenvalue weighted by atomic mass is 9.94. The molecule has 1 aromatic carbocycles. The van der Waals surface area contributed by atoms with Crippen molar-refractivity contribution >= 4 is 0 Å². The maximum absolute atomic E-state index is 11.9. The van der Waals surface area contributed by atoms with E-state index in [0.717, 1.165) is 6.42 Å².